The van der Waals surface area contributed by atoms with E-state index in [2.05, 4.69) is 11.8 Å². The lowest BCUT2D eigenvalue weighted by molar-refractivity contribution is 0.449. The van der Waals surface area contributed by atoms with E-state index in [4.69, 9.17) is 5.11 Å². The van der Waals surface area contributed by atoms with Crippen LogP contribution in [-0.2, 0) is 0 Å². The van der Waals surface area contributed by atoms with Crippen LogP contribution in [0.1, 0.15) is 26.3 Å². The van der Waals surface area contributed by atoms with E-state index in [1.165, 1.54) is 12.1 Å². The van der Waals surface area contributed by atoms with Gasteiger partial charge in [-0.05, 0) is 32.9 Å². The van der Waals surface area contributed by atoms with Crippen molar-refractivity contribution in [3.63, 3.8) is 0 Å². The van der Waals surface area contributed by atoms with Crippen LogP contribution in [0.3, 0.4) is 0 Å². The molecule has 0 spiro atoms. The van der Waals surface area contributed by atoms with Crippen molar-refractivity contribution >= 4 is 0 Å². The molecule has 1 aromatic carbocycles. The molecule has 0 aliphatic rings. The van der Waals surface area contributed by atoms with Crippen LogP contribution in [0.15, 0.2) is 18.2 Å². The van der Waals surface area contributed by atoms with Crippen molar-refractivity contribution in [1.82, 2.24) is 0 Å². The molecule has 1 aromatic rings. The fraction of sp³-hybridized carbons (Fsp3) is 0.333. The third-order valence-corrected chi connectivity index (χ3v) is 1.55. The summed E-state index contributed by atoms with van der Waals surface area (Å²) in [5.74, 6) is 5.94. The second-order valence-electron chi connectivity index (χ2n) is 4.20. The molecular weight excluding hydrogens is 176 g/mol. The topological polar surface area (TPSA) is 40.5 Å². The molecule has 0 unspecified atom stereocenters. The van der Waals surface area contributed by atoms with E-state index in [0.29, 0.717) is 5.56 Å². The monoisotopic (exact) mass is 190 g/mol. The number of rotatable bonds is 0. The third-order valence-electron chi connectivity index (χ3n) is 1.55. The van der Waals surface area contributed by atoms with Gasteiger partial charge in [-0.25, -0.2) is 0 Å². The van der Waals surface area contributed by atoms with Gasteiger partial charge in [0.25, 0.3) is 0 Å². The summed E-state index contributed by atoms with van der Waals surface area (Å²) in [6.07, 6.45) is 0. The first-order chi connectivity index (χ1) is 6.38. The number of benzene rings is 1. The van der Waals surface area contributed by atoms with Crippen LogP contribution in [-0.4, -0.2) is 10.2 Å². The Morgan fingerprint density at radius 2 is 1.79 bits per heavy atom. The summed E-state index contributed by atoms with van der Waals surface area (Å²) in [5.41, 5.74) is 0.447. The lowest BCUT2D eigenvalue weighted by Crippen LogP contribution is -1.99. The van der Waals surface area contributed by atoms with Crippen LogP contribution < -0.4 is 0 Å². The van der Waals surface area contributed by atoms with Crippen molar-refractivity contribution in [2.45, 2.75) is 20.8 Å². The molecule has 0 radical (unpaired) electrons. The zero-order valence-corrected chi connectivity index (χ0v) is 8.63. The summed E-state index contributed by atoms with van der Waals surface area (Å²) in [7, 11) is 0. The highest BCUT2D eigenvalue weighted by molar-refractivity contribution is 5.48. The molecular formula is C12H14O2. The van der Waals surface area contributed by atoms with Crippen molar-refractivity contribution in [1.29, 1.82) is 0 Å². The van der Waals surface area contributed by atoms with Crippen LogP contribution in [0.4, 0.5) is 0 Å². The highest BCUT2D eigenvalue weighted by atomic mass is 16.3. The highest BCUT2D eigenvalue weighted by Gasteiger charge is 2.04. The number of hydrogen-bond donors (Lipinski definition) is 2. The van der Waals surface area contributed by atoms with Crippen LogP contribution in [0.2, 0.25) is 0 Å². The normalized spacial score (nSPS) is 10.5. The average Bonchev–Trinajstić information content (AvgIpc) is 2.00. The van der Waals surface area contributed by atoms with Crippen LogP contribution >= 0.6 is 0 Å². The quantitative estimate of drug-likeness (QED) is 0.617. The maximum Gasteiger partial charge on any atom is 0.134 e. The van der Waals surface area contributed by atoms with Gasteiger partial charge in [0.05, 0.1) is 5.56 Å². The molecule has 0 bridgehead atoms. The second-order valence-corrected chi connectivity index (χ2v) is 4.20. The molecule has 0 amide bonds. The van der Waals surface area contributed by atoms with Crippen molar-refractivity contribution in [2.24, 2.45) is 5.41 Å². The number of aromatic hydroxyl groups is 2. The number of phenolic OH excluding ortho intramolecular Hbond substituents is 2. The predicted molar refractivity (Wildman–Crippen MR) is 56.1 cm³/mol. The van der Waals surface area contributed by atoms with Gasteiger partial charge in [-0.3, -0.25) is 0 Å². The minimum Gasteiger partial charge on any atom is -0.508 e. The fourth-order valence-electron chi connectivity index (χ4n) is 0.881. The zero-order valence-electron chi connectivity index (χ0n) is 8.63. The largest absolute Gasteiger partial charge is 0.508 e. The Balaban J connectivity index is 3.02. The Kier molecular flexibility index (Phi) is 2.71. The van der Waals surface area contributed by atoms with Crippen LogP contribution in [0.25, 0.3) is 0 Å². The standard InChI is InChI=1S/C12H14O2/c1-12(2,3)7-6-9-4-5-10(13)8-11(9)14/h4-5,8,13-14H,1-3H3. The Bertz CT molecular complexity index is 389. The molecule has 2 nitrogen and oxygen atoms in total. The Morgan fingerprint density at radius 1 is 1.14 bits per heavy atom. The SMILES string of the molecule is CC(C)(C)C#Cc1ccc(O)cc1O. The van der Waals surface area contributed by atoms with Gasteiger partial charge in [-0.15, -0.1) is 0 Å². The van der Waals surface area contributed by atoms with Crippen molar-refractivity contribution in [3.05, 3.63) is 23.8 Å². The molecule has 0 saturated heterocycles. The number of hydrogen-bond acceptors (Lipinski definition) is 2. The molecule has 0 aromatic heterocycles. The minimum absolute atomic E-state index is 0.0155. The summed E-state index contributed by atoms with van der Waals surface area (Å²) < 4.78 is 0. The molecule has 0 fully saturated rings. The van der Waals surface area contributed by atoms with E-state index in [9.17, 15) is 5.11 Å². The molecule has 0 atom stereocenters. The molecule has 0 aliphatic heterocycles. The summed E-state index contributed by atoms with van der Waals surface area (Å²) in [6.45, 7) is 5.99. The molecule has 1 rings (SSSR count). The first kappa shape index (κ1) is 10.5. The molecule has 14 heavy (non-hydrogen) atoms. The minimum atomic E-state index is -0.0929. The van der Waals surface area contributed by atoms with Gasteiger partial charge >= 0.3 is 0 Å². The second kappa shape index (κ2) is 3.63. The third kappa shape index (κ3) is 3.02. The van der Waals surface area contributed by atoms with E-state index in [1.807, 2.05) is 20.8 Å². The maximum absolute atomic E-state index is 9.43. The fourth-order valence-corrected chi connectivity index (χ4v) is 0.881. The van der Waals surface area contributed by atoms with E-state index in [1.54, 1.807) is 6.07 Å². The summed E-state index contributed by atoms with van der Waals surface area (Å²) in [6, 6.07) is 4.39. The lowest BCUT2D eigenvalue weighted by Gasteiger charge is -2.07. The first-order valence-electron chi connectivity index (χ1n) is 4.44. The lowest BCUT2D eigenvalue weighted by atomic mass is 9.97. The Hall–Kier alpha value is -1.62. The van der Waals surface area contributed by atoms with Crippen LogP contribution in [0, 0.1) is 17.3 Å². The molecule has 0 heterocycles. The molecule has 0 aliphatic carbocycles. The van der Waals surface area contributed by atoms with Gasteiger partial charge in [-0.1, -0.05) is 11.8 Å². The van der Waals surface area contributed by atoms with E-state index in [0.717, 1.165) is 0 Å². The molecule has 2 N–H and O–H groups in total. The summed E-state index contributed by atoms with van der Waals surface area (Å²) in [4.78, 5) is 0. The first-order valence-corrected chi connectivity index (χ1v) is 4.44. The Morgan fingerprint density at radius 3 is 2.29 bits per heavy atom. The van der Waals surface area contributed by atoms with Crippen molar-refractivity contribution < 1.29 is 10.2 Å². The van der Waals surface area contributed by atoms with Gasteiger partial charge in [0, 0.05) is 11.5 Å². The van der Waals surface area contributed by atoms with E-state index < -0.39 is 0 Å². The van der Waals surface area contributed by atoms with Gasteiger partial charge in [-0.2, -0.15) is 0 Å². The van der Waals surface area contributed by atoms with Gasteiger partial charge in [0.15, 0.2) is 0 Å². The predicted octanol–water partition coefficient (Wildman–Crippen LogP) is 2.50. The van der Waals surface area contributed by atoms with Gasteiger partial charge in [0.1, 0.15) is 11.5 Å². The number of phenols is 2. The highest BCUT2D eigenvalue weighted by Crippen LogP contribution is 2.22. The van der Waals surface area contributed by atoms with E-state index in [-0.39, 0.29) is 16.9 Å². The zero-order chi connectivity index (χ0) is 10.8. The molecule has 74 valence electrons. The summed E-state index contributed by atoms with van der Waals surface area (Å²) >= 11 is 0. The molecule has 0 saturated carbocycles. The average molecular weight is 190 g/mol. The van der Waals surface area contributed by atoms with Gasteiger partial charge < -0.3 is 10.2 Å². The molecule has 2 heteroatoms. The smallest absolute Gasteiger partial charge is 0.134 e. The van der Waals surface area contributed by atoms with Crippen molar-refractivity contribution in [3.8, 4) is 23.3 Å². The van der Waals surface area contributed by atoms with Crippen molar-refractivity contribution in [2.75, 3.05) is 0 Å². The van der Waals surface area contributed by atoms with E-state index >= 15 is 0 Å². The summed E-state index contributed by atoms with van der Waals surface area (Å²) in [5, 5.41) is 18.5. The Labute approximate surface area is 84.2 Å². The van der Waals surface area contributed by atoms with Crippen LogP contribution in [0.5, 0.6) is 11.5 Å². The maximum atomic E-state index is 9.43. The van der Waals surface area contributed by atoms with Gasteiger partial charge in [0.2, 0.25) is 0 Å².